The van der Waals surface area contributed by atoms with Crippen LogP contribution in [-0.2, 0) is 14.3 Å². The maximum Gasteiger partial charge on any atom is 0.217 e. The topological polar surface area (TPSA) is 172 Å². The molecule has 0 saturated heterocycles. The second-order valence-corrected chi connectivity index (χ2v) is 12.1. The number of nitrogens with one attached hydrogen (secondary N) is 3. The summed E-state index contributed by atoms with van der Waals surface area (Å²) in [4.78, 5) is 23.0. The van der Waals surface area contributed by atoms with E-state index in [1.54, 1.807) is 0 Å². The van der Waals surface area contributed by atoms with Crippen molar-refractivity contribution in [3.63, 3.8) is 0 Å². The van der Waals surface area contributed by atoms with E-state index < -0.39 is 24.5 Å². The van der Waals surface area contributed by atoms with Crippen LogP contribution < -0.4 is 27.4 Å². The number of aliphatic hydroxyl groups excluding tert-OH is 2. The fraction of sp³-hybridized carbons (Fsp3) is 0.697. The Labute approximate surface area is 258 Å². The van der Waals surface area contributed by atoms with Gasteiger partial charge in [0.1, 0.15) is 24.5 Å². The van der Waals surface area contributed by atoms with Gasteiger partial charge in [-0.15, -0.1) is 0 Å². The van der Waals surface area contributed by atoms with Crippen molar-refractivity contribution >= 4 is 12.2 Å². The highest BCUT2D eigenvalue weighted by Crippen LogP contribution is 2.41. The molecule has 2 rings (SSSR count). The Morgan fingerprint density at radius 3 is 2.49 bits per heavy atom. The molecule has 10 nitrogen and oxygen atoms in total. The molecule has 0 heterocycles. The van der Waals surface area contributed by atoms with Crippen molar-refractivity contribution in [2.45, 2.75) is 128 Å². The third-order valence-electron chi connectivity index (χ3n) is 8.59. The number of carbonyl (C=O) groups excluding carboxylic acids is 2. The predicted octanol–water partition coefficient (Wildman–Crippen LogP) is 2.67. The minimum Gasteiger partial charge on any atom is -0.498 e. The summed E-state index contributed by atoms with van der Waals surface area (Å²) in [5.41, 5.74) is 13.7. The molecule has 10 heteroatoms. The smallest absolute Gasteiger partial charge is 0.217 e. The van der Waals surface area contributed by atoms with Crippen molar-refractivity contribution < 1.29 is 24.5 Å². The first kappa shape index (κ1) is 36.8. The van der Waals surface area contributed by atoms with E-state index in [2.05, 4.69) is 47.7 Å². The van der Waals surface area contributed by atoms with Gasteiger partial charge in [0.05, 0.1) is 12.6 Å². The van der Waals surface area contributed by atoms with Crippen molar-refractivity contribution in [1.29, 1.82) is 0 Å². The number of hydrogen-bond donors (Lipinski definition) is 7. The summed E-state index contributed by atoms with van der Waals surface area (Å²) in [6.45, 7) is 12.5. The number of aldehydes is 1. The van der Waals surface area contributed by atoms with Crippen LogP contribution in [0, 0.1) is 11.8 Å². The van der Waals surface area contributed by atoms with Crippen molar-refractivity contribution in [2.75, 3.05) is 6.61 Å². The van der Waals surface area contributed by atoms with Crippen LogP contribution in [-0.4, -0.2) is 71.7 Å². The zero-order valence-corrected chi connectivity index (χ0v) is 26.6. The normalized spacial score (nSPS) is 22.8. The second-order valence-electron chi connectivity index (χ2n) is 12.1. The van der Waals surface area contributed by atoms with E-state index >= 15 is 0 Å². The lowest BCUT2D eigenvalue weighted by Gasteiger charge is -2.31. The van der Waals surface area contributed by atoms with Crippen LogP contribution in [0.2, 0.25) is 0 Å². The Bertz CT molecular complexity index is 983. The van der Waals surface area contributed by atoms with Crippen molar-refractivity contribution in [1.82, 2.24) is 16.0 Å². The number of unbranched alkanes of at least 4 members (excludes halogenated alkanes) is 1. The molecule has 0 spiro atoms. The summed E-state index contributed by atoms with van der Waals surface area (Å²) >= 11 is 0. The van der Waals surface area contributed by atoms with Crippen LogP contribution in [0.3, 0.4) is 0 Å². The van der Waals surface area contributed by atoms with E-state index in [0.29, 0.717) is 31.8 Å². The molecule has 0 fully saturated rings. The Morgan fingerprint density at radius 2 is 1.86 bits per heavy atom. The van der Waals surface area contributed by atoms with E-state index in [0.717, 1.165) is 49.7 Å². The standard InChI is InChI=1S/C33H57N5O5/c1-6-24(36-22(5)32(41)38-29(21(3)4)16-18-31(35)40)11-8-9-12-25(20-39)37-33(42)28(34)19-23-15-17-30(43-7-2)27-14-10-13-26(23)27/h10,13,15,17,20,22,24-29,32-33,36-38,41-42H,3,6-9,11-12,14,16,18-19,34H2,1-2,4-5H3,(H2,35,40). The lowest BCUT2D eigenvalue weighted by Crippen LogP contribution is -2.52. The van der Waals surface area contributed by atoms with E-state index in [4.69, 9.17) is 16.2 Å². The average Bonchev–Trinajstić information content (AvgIpc) is 3.47. The first-order valence-electron chi connectivity index (χ1n) is 16.0. The molecule has 9 unspecified atom stereocenters. The zero-order valence-electron chi connectivity index (χ0n) is 26.6. The Morgan fingerprint density at radius 1 is 1.14 bits per heavy atom. The molecule has 0 aromatic heterocycles. The minimum absolute atomic E-state index is 0.191. The monoisotopic (exact) mass is 603 g/mol. The van der Waals surface area contributed by atoms with Crippen LogP contribution in [0.15, 0.2) is 47.8 Å². The molecule has 43 heavy (non-hydrogen) atoms. The summed E-state index contributed by atoms with van der Waals surface area (Å²) in [5.74, 6) is 1.16. The maximum absolute atomic E-state index is 11.8. The van der Waals surface area contributed by atoms with E-state index in [1.807, 2.05) is 26.8 Å². The highest BCUT2D eigenvalue weighted by molar-refractivity contribution is 5.73. The second kappa shape index (κ2) is 19.1. The number of rotatable bonds is 23. The van der Waals surface area contributed by atoms with Gasteiger partial charge in [0.15, 0.2) is 0 Å². The van der Waals surface area contributed by atoms with Crippen molar-refractivity contribution in [3.05, 3.63) is 47.8 Å². The summed E-state index contributed by atoms with van der Waals surface area (Å²) in [5, 5.41) is 31.1. The Kier molecular flexibility index (Phi) is 16.4. The first-order chi connectivity index (χ1) is 20.5. The highest BCUT2D eigenvalue weighted by atomic mass is 16.5. The molecule has 0 bridgehead atoms. The Balaban J connectivity index is 1.76. The molecule has 9 atom stereocenters. The molecule has 0 aromatic rings. The fourth-order valence-electron chi connectivity index (χ4n) is 5.93. The molecule has 1 amide bonds. The summed E-state index contributed by atoms with van der Waals surface area (Å²) in [6.07, 6.45) is 13.7. The van der Waals surface area contributed by atoms with Gasteiger partial charge in [0.2, 0.25) is 5.91 Å². The lowest BCUT2D eigenvalue weighted by molar-refractivity contribution is -0.118. The molecule has 9 N–H and O–H groups in total. The number of aliphatic hydroxyl groups is 2. The SMILES string of the molecule is C=C(C)C(CCC(N)=O)NC(O)C(C)NC(CC)CCCCC(C=O)NC(O)C(N)CC1=CC=C(OCC)C2CC=CC12. The molecule has 0 saturated carbocycles. The largest absolute Gasteiger partial charge is 0.498 e. The first-order valence-corrected chi connectivity index (χ1v) is 16.0. The van der Waals surface area contributed by atoms with Gasteiger partial charge in [-0.25, -0.2) is 0 Å². The molecule has 0 aromatic carbocycles. The van der Waals surface area contributed by atoms with Gasteiger partial charge in [-0.2, -0.15) is 0 Å². The zero-order chi connectivity index (χ0) is 31.9. The van der Waals surface area contributed by atoms with Crippen LogP contribution in [0.4, 0.5) is 0 Å². The van der Waals surface area contributed by atoms with Crippen molar-refractivity contribution in [3.8, 4) is 0 Å². The number of fused-ring (bicyclic) bond motifs is 1. The van der Waals surface area contributed by atoms with Gasteiger partial charge >= 0.3 is 0 Å². The van der Waals surface area contributed by atoms with Gasteiger partial charge in [0.25, 0.3) is 0 Å². The molecule has 244 valence electrons. The van der Waals surface area contributed by atoms with Crippen LogP contribution in [0.1, 0.15) is 85.5 Å². The predicted molar refractivity (Wildman–Crippen MR) is 171 cm³/mol. The third-order valence-corrected chi connectivity index (χ3v) is 8.59. The summed E-state index contributed by atoms with van der Waals surface area (Å²) in [6, 6.07) is -1.26. The minimum atomic E-state index is -0.997. The number of hydrogen-bond acceptors (Lipinski definition) is 9. The molecule has 0 aliphatic heterocycles. The number of ether oxygens (including phenoxy) is 1. The fourth-order valence-corrected chi connectivity index (χ4v) is 5.93. The third kappa shape index (κ3) is 12.3. The van der Waals surface area contributed by atoms with E-state index in [9.17, 15) is 19.8 Å². The number of amides is 1. The molecular weight excluding hydrogens is 546 g/mol. The quantitative estimate of drug-likeness (QED) is 0.0401. The van der Waals surface area contributed by atoms with Gasteiger partial charge in [-0.1, -0.05) is 55.7 Å². The molecule has 2 aliphatic rings. The van der Waals surface area contributed by atoms with Crippen LogP contribution >= 0.6 is 0 Å². The van der Waals surface area contributed by atoms with Crippen LogP contribution in [0.25, 0.3) is 0 Å². The van der Waals surface area contributed by atoms with Gasteiger partial charge in [-0.3, -0.25) is 15.4 Å². The summed E-state index contributed by atoms with van der Waals surface area (Å²) in [7, 11) is 0. The van der Waals surface area contributed by atoms with Gasteiger partial charge in [-0.05, 0) is 65.4 Å². The molecule has 0 radical (unpaired) electrons. The Hall–Kier alpha value is -2.34. The molecule has 2 aliphatic carbocycles. The van der Waals surface area contributed by atoms with Gasteiger partial charge < -0.3 is 36.5 Å². The maximum atomic E-state index is 11.8. The average molecular weight is 604 g/mol. The van der Waals surface area contributed by atoms with Gasteiger partial charge in [0, 0.05) is 42.4 Å². The van der Waals surface area contributed by atoms with Crippen molar-refractivity contribution in [2.24, 2.45) is 23.3 Å². The summed E-state index contributed by atoms with van der Waals surface area (Å²) < 4.78 is 5.81. The number of nitrogens with two attached hydrogens (primary N) is 2. The number of carbonyl (C=O) groups is 2. The van der Waals surface area contributed by atoms with E-state index in [1.165, 1.54) is 5.57 Å². The highest BCUT2D eigenvalue weighted by Gasteiger charge is 2.34. The van der Waals surface area contributed by atoms with E-state index in [-0.39, 0.29) is 36.4 Å². The number of primary amides is 1. The molecular formula is C33H57N5O5. The number of allylic oxidation sites excluding steroid dienone is 5. The lowest BCUT2D eigenvalue weighted by atomic mass is 9.80. The van der Waals surface area contributed by atoms with Crippen LogP contribution in [0.5, 0.6) is 0 Å².